The second kappa shape index (κ2) is 3.12. The maximum Gasteiger partial charge on any atom is 0.0741 e. The van der Waals surface area contributed by atoms with E-state index in [1.165, 1.54) is 0 Å². The molecular weight excluding hydrogens is 171 g/mol. The third-order valence-electron chi connectivity index (χ3n) is 1.76. The zero-order chi connectivity index (χ0) is 7.72. The van der Waals surface area contributed by atoms with E-state index in [0.29, 0.717) is 12.8 Å². The van der Waals surface area contributed by atoms with E-state index in [0.717, 1.165) is 5.57 Å². The summed E-state index contributed by atoms with van der Waals surface area (Å²) in [5.41, 5.74) is 0.895. The van der Waals surface area contributed by atoms with Crippen LogP contribution in [0.2, 0.25) is 0 Å². The zero-order valence-electron chi connectivity index (χ0n) is 5.56. The van der Waals surface area contributed by atoms with Crippen LogP contribution in [0, 0.1) is 0 Å². The van der Waals surface area contributed by atoms with Crippen molar-refractivity contribution in [3.8, 4) is 0 Å². The molecule has 3 atom stereocenters. The Hall–Kier alpha value is 0.280. The van der Waals surface area contributed by atoms with Crippen LogP contribution in [0.3, 0.4) is 0 Å². The van der Waals surface area contributed by atoms with Crippen molar-refractivity contribution < 1.29 is 5.11 Å². The zero-order valence-corrected chi connectivity index (χ0v) is 7.07. The van der Waals surface area contributed by atoms with Crippen LogP contribution in [0.1, 0.15) is 12.8 Å². The van der Waals surface area contributed by atoms with Crippen LogP contribution in [0.5, 0.6) is 0 Å². The summed E-state index contributed by atoms with van der Waals surface area (Å²) in [5.74, 6) is 0. The van der Waals surface area contributed by atoms with Crippen molar-refractivity contribution in [1.29, 1.82) is 0 Å². The summed E-state index contributed by atoms with van der Waals surface area (Å²) >= 11 is 11.6. The van der Waals surface area contributed by atoms with Crippen molar-refractivity contribution in [2.24, 2.45) is 0 Å². The predicted molar refractivity (Wildman–Crippen MR) is 43.7 cm³/mol. The van der Waals surface area contributed by atoms with Gasteiger partial charge in [0.25, 0.3) is 0 Å². The molecule has 1 rings (SSSR count). The molecule has 1 N–H and O–H groups in total. The molecular formula is C7H10Cl2O. The lowest BCUT2D eigenvalue weighted by Crippen LogP contribution is -2.31. The first-order valence-electron chi connectivity index (χ1n) is 3.25. The van der Waals surface area contributed by atoms with Crippen molar-refractivity contribution in [2.45, 2.75) is 29.7 Å². The van der Waals surface area contributed by atoms with Crippen molar-refractivity contribution in [3.63, 3.8) is 0 Å². The fraction of sp³-hybridized carbons (Fsp3) is 0.714. The summed E-state index contributed by atoms with van der Waals surface area (Å²) in [5, 5.41) is 8.96. The SMILES string of the molecule is C=C1CC(O)C(Cl)CC1Cl. The van der Waals surface area contributed by atoms with E-state index >= 15 is 0 Å². The van der Waals surface area contributed by atoms with E-state index in [9.17, 15) is 5.11 Å². The highest BCUT2D eigenvalue weighted by Gasteiger charge is 2.28. The van der Waals surface area contributed by atoms with Gasteiger partial charge in [-0.05, 0) is 12.8 Å². The number of rotatable bonds is 0. The van der Waals surface area contributed by atoms with Gasteiger partial charge in [-0.15, -0.1) is 23.2 Å². The molecule has 0 bridgehead atoms. The first kappa shape index (κ1) is 8.38. The van der Waals surface area contributed by atoms with E-state index in [-0.39, 0.29) is 10.8 Å². The van der Waals surface area contributed by atoms with E-state index in [2.05, 4.69) is 6.58 Å². The highest BCUT2D eigenvalue weighted by molar-refractivity contribution is 6.25. The Morgan fingerprint density at radius 1 is 1.50 bits per heavy atom. The Morgan fingerprint density at radius 3 is 2.60 bits per heavy atom. The molecule has 3 heteroatoms. The quantitative estimate of drug-likeness (QED) is 0.447. The van der Waals surface area contributed by atoms with Gasteiger partial charge in [0.05, 0.1) is 16.9 Å². The Kier molecular flexibility index (Phi) is 2.61. The minimum absolute atomic E-state index is 0.0501. The number of hydrogen-bond acceptors (Lipinski definition) is 1. The van der Waals surface area contributed by atoms with Crippen LogP contribution >= 0.6 is 23.2 Å². The lowest BCUT2D eigenvalue weighted by Gasteiger charge is -2.27. The smallest absolute Gasteiger partial charge is 0.0741 e. The molecule has 0 saturated heterocycles. The molecule has 1 nitrogen and oxygen atoms in total. The molecule has 0 aromatic heterocycles. The van der Waals surface area contributed by atoms with E-state index in [4.69, 9.17) is 23.2 Å². The van der Waals surface area contributed by atoms with Crippen molar-refractivity contribution in [1.82, 2.24) is 0 Å². The van der Waals surface area contributed by atoms with Crippen molar-refractivity contribution in [3.05, 3.63) is 12.2 Å². The van der Waals surface area contributed by atoms with Gasteiger partial charge < -0.3 is 5.11 Å². The van der Waals surface area contributed by atoms with E-state index in [1.807, 2.05) is 0 Å². The topological polar surface area (TPSA) is 20.2 Å². The number of aliphatic hydroxyl groups excluding tert-OH is 1. The molecule has 0 radical (unpaired) electrons. The van der Waals surface area contributed by atoms with Crippen LogP contribution in [-0.4, -0.2) is 22.0 Å². The fourth-order valence-electron chi connectivity index (χ4n) is 1.05. The molecule has 0 amide bonds. The third-order valence-corrected chi connectivity index (χ3v) is 2.72. The average Bonchev–Trinajstić information content (AvgIpc) is 1.84. The highest BCUT2D eigenvalue weighted by atomic mass is 35.5. The maximum absolute atomic E-state index is 9.21. The van der Waals surface area contributed by atoms with Crippen molar-refractivity contribution in [2.75, 3.05) is 0 Å². The lowest BCUT2D eigenvalue weighted by atomic mass is 9.93. The van der Waals surface area contributed by atoms with Gasteiger partial charge in [0.1, 0.15) is 0 Å². The second-order valence-electron chi connectivity index (χ2n) is 2.65. The Bertz CT molecular complexity index is 147. The average molecular weight is 181 g/mol. The molecule has 0 aliphatic heterocycles. The number of alkyl halides is 2. The predicted octanol–water partition coefficient (Wildman–Crippen LogP) is 1.91. The summed E-state index contributed by atoms with van der Waals surface area (Å²) in [6.45, 7) is 3.73. The third kappa shape index (κ3) is 1.66. The van der Waals surface area contributed by atoms with Gasteiger partial charge >= 0.3 is 0 Å². The van der Waals surface area contributed by atoms with Crippen LogP contribution in [0.15, 0.2) is 12.2 Å². The standard InChI is InChI=1S/C7H10Cl2O/c1-4-2-7(10)6(9)3-5(4)8/h5-7,10H,1-3H2. The van der Waals surface area contributed by atoms with Gasteiger partial charge in [0.2, 0.25) is 0 Å². The second-order valence-corrected chi connectivity index (χ2v) is 3.74. The minimum Gasteiger partial charge on any atom is -0.391 e. The molecule has 10 heavy (non-hydrogen) atoms. The first-order chi connectivity index (χ1) is 4.61. The number of hydrogen-bond donors (Lipinski definition) is 1. The summed E-state index contributed by atoms with van der Waals surface area (Å²) in [6.07, 6.45) is 0.718. The van der Waals surface area contributed by atoms with Crippen molar-refractivity contribution >= 4 is 23.2 Å². The van der Waals surface area contributed by atoms with Gasteiger partial charge in [0.15, 0.2) is 0 Å². The monoisotopic (exact) mass is 180 g/mol. The molecule has 1 saturated carbocycles. The van der Waals surface area contributed by atoms with Crippen LogP contribution in [0.25, 0.3) is 0 Å². The molecule has 1 fully saturated rings. The minimum atomic E-state index is -0.454. The van der Waals surface area contributed by atoms with Crippen LogP contribution in [0.4, 0.5) is 0 Å². The molecule has 0 spiro atoms. The summed E-state index contributed by atoms with van der Waals surface area (Å²) < 4.78 is 0. The normalized spacial score (nSPS) is 41.9. The van der Waals surface area contributed by atoms with Gasteiger partial charge in [-0.25, -0.2) is 0 Å². The molecule has 0 aromatic rings. The first-order valence-corrected chi connectivity index (χ1v) is 4.12. The van der Waals surface area contributed by atoms with E-state index in [1.54, 1.807) is 0 Å². The maximum atomic E-state index is 9.21. The molecule has 0 aromatic carbocycles. The largest absolute Gasteiger partial charge is 0.391 e. The van der Waals surface area contributed by atoms with Gasteiger partial charge in [0, 0.05) is 0 Å². The Morgan fingerprint density at radius 2 is 2.10 bits per heavy atom. The van der Waals surface area contributed by atoms with Crippen LogP contribution in [-0.2, 0) is 0 Å². The van der Waals surface area contributed by atoms with Crippen LogP contribution < -0.4 is 0 Å². The Balaban J connectivity index is 2.54. The number of aliphatic hydroxyl groups is 1. The summed E-state index contributed by atoms with van der Waals surface area (Å²) in [4.78, 5) is 0. The molecule has 58 valence electrons. The molecule has 1 aliphatic carbocycles. The molecule has 0 heterocycles. The summed E-state index contributed by atoms with van der Waals surface area (Å²) in [7, 11) is 0. The fourth-order valence-corrected chi connectivity index (χ4v) is 1.69. The number of halogens is 2. The molecule has 1 aliphatic rings. The van der Waals surface area contributed by atoms with Gasteiger partial charge in [-0.2, -0.15) is 0 Å². The molecule has 3 unspecified atom stereocenters. The summed E-state index contributed by atoms with van der Waals surface area (Å²) in [6, 6.07) is 0. The van der Waals surface area contributed by atoms with E-state index < -0.39 is 6.10 Å². The van der Waals surface area contributed by atoms with Gasteiger partial charge in [-0.1, -0.05) is 12.2 Å². The Labute approximate surface area is 70.6 Å². The lowest BCUT2D eigenvalue weighted by molar-refractivity contribution is 0.154. The highest BCUT2D eigenvalue weighted by Crippen LogP contribution is 2.30. The van der Waals surface area contributed by atoms with Gasteiger partial charge in [-0.3, -0.25) is 0 Å².